The molecule has 0 amide bonds. The van der Waals surface area contributed by atoms with Gasteiger partial charge in [-0.05, 0) is 43.0 Å². The molecule has 2 nitrogen and oxygen atoms in total. The van der Waals surface area contributed by atoms with Gasteiger partial charge in [0.05, 0.1) is 0 Å². The Morgan fingerprint density at radius 2 is 1.83 bits per heavy atom. The van der Waals surface area contributed by atoms with Gasteiger partial charge >= 0.3 is 0 Å². The van der Waals surface area contributed by atoms with E-state index in [1.54, 1.807) is 0 Å². The molecule has 1 aromatic carbocycles. The first-order chi connectivity index (χ1) is 8.70. The Balaban J connectivity index is 2.29. The average Bonchev–Trinajstić information content (AvgIpc) is 2.40. The Hall–Kier alpha value is -1.67. The summed E-state index contributed by atoms with van der Waals surface area (Å²) in [7, 11) is 0. The second kappa shape index (κ2) is 5.78. The summed E-state index contributed by atoms with van der Waals surface area (Å²) in [5, 5.41) is 0. The molecule has 0 aliphatic heterocycles. The predicted octanol–water partition coefficient (Wildman–Crippen LogP) is 3.51. The SMILES string of the molecule is Cc1ccc(-c2cncc(C(C)CCN)c2)cc1. The van der Waals surface area contributed by atoms with Gasteiger partial charge in [0.25, 0.3) is 0 Å². The van der Waals surface area contributed by atoms with Crippen LogP contribution in [0.1, 0.15) is 30.4 Å². The lowest BCUT2D eigenvalue weighted by Crippen LogP contribution is -2.04. The van der Waals surface area contributed by atoms with Crippen LogP contribution >= 0.6 is 0 Å². The number of hydrogen-bond donors (Lipinski definition) is 1. The summed E-state index contributed by atoms with van der Waals surface area (Å²) in [6, 6.07) is 10.8. The average molecular weight is 240 g/mol. The molecule has 1 unspecified atom stereocenters. The predicted molar refractivity (Wildman–Crippen MR) is 76.5 cm³/mol. The first-order valence-corrected chi connectivity index (χ1v) is 6.42. The highest BCUT2D eigenvalue weighted by molar-refractivity contribution is 5.63. The van der Waals surface area contributed by atoms with Crippen molar-refractivity contribution in [1.82, 2.24) is 4.98 Å². The minimum Gasteiger partial charge on any atom is -0.330 e. The maximum absolute atomic E-state index is 5.61. The highest BCUT2D eigenvalue weighted by atomic mass is 14.6. The zero-order valence-electron chi connectivity index (χ0n) is 11.1. The van der Waals surface area contributed by atoms with Crippen LogP contribution in [0, 0.1) is 6.92 Å². The molecule has 0 fully saturated rings. The van der Waals surface area contributed by atoms with Crippen molar-refractivity contribution in [2.24, 2.45) is 5.73 Å². The fraction of sp³-hybridized carbons (Fsp3) is 0.312. The zero-order valence-corrected chi connectivity index (χ0v) is 11.1. The van der Waals surface area contributed by atoms with Gasteiger partial charge in [-0.3, -0.25) is 4.98 Å². The largest absolute Gasteiger partial charge is 0.330 e. The van der Waals surface area contributed by atoms with Crippen molar-refractivity contribution in [2.45, 2.75) is 26.2 Å². The van der Waals surface area contributed by atoms with Crippen molar-refractivity contribution in [3.8, 4) is 11.1 Å². The lowest BCUT2D eigenvalue weighted by atomic mass is 9.96. The smallest absolute Gasteiger partial charge is 0.0346 e. The molecule has 0 spiro atoms. The number of aromatic nitrogens is 1. The maximum atomic E-state index is 5.61. The van der Waals surface area contributed by atoms with Crippen molar-refractivity contribution in [3.05, 3.63) is 53.9 Å². The summed E-state index contributed by atoms with van der Waals surface area (Å²) in [6.45, 7) is 5.01. The Bertz CT molecular complexity index is 503. The zero-order chi connectivity index (χ0) is 13.0. The third-order valence-corrected chi connectivity index (χ3v) is 3.31. The van der Waals surface area contributed by atoms with Gasteiger partial charge in [-0.1, -0.05) is 36.8 Å². The van der Waals surface area contributed by atoms with Crippen molar-refractivity contribution >= 4 is 0 Å². The highest BCUT2D eigenvalue weighted by Gasteiger charge is 2.06. The maximum Gasteiger partial charge on any atom is 0.0346 e. The van der Waals surface area contributed by atoms with Crippen molar-refractivity contribution in [1.29, 1.82) is 0 Å². The number of rotatable bonds is 4. The molecule has 1 atom stereocenters. The summed E-state index contributed by atoms with van der Waals surface area (Å²) >= 11 is 0. The van der Waals surface area contributed by atoms with Crippen molar-refractivity contribution in [3.63, 3.8) is 0 Å². The minimum absolute atomic E-state index is 0.466. The first-order valence-electron chi connectivity index (χ1n) is 6.42. The van der Waals surface area contributed by atoms with Crippen LogP contribution < -0.4 is 5.73 Å². The van der Waals surface area contributed by atoms with Gasteiger partial charge in [0.15, 0.2) is 0 Å². The molecule has 0 aliphatic carbocycles. The van der Waals surface area contributed by atoms with Crippen LogP contribution in [0.3, 0.4) is 0 Å². The molecular weight excluding hydrogens is 220 g/mol. The molecule has 94 valence electrons. The van der Waals surface area contributed by atoms with Gasteiger partial charge in [0.1, 0.15) is 0 Å². The van der Waals surface area contributed by atoms with E-state index in [0.717, 1.165) is 13.0 Å². The molecule has 0 saturated carbocycles. The summed E-state index contributed by atoms with van der Waals surface area (Å²) in [6.07, 6.45) is 4.86. The van der Waals surface area contributed by atoms with E-state index in [2.05, 4.69) is 49.2 Å². The second-order valence-corrected chi connectivity index (χ2v) is 4.85. The Morgan fingerprint density at radius 3 is 2.50 bits per heavy atom. The lowest BCUT2D eigenvalue weighted by molar-refractivity contribution is 0.687. The fourth-order valence-corrected chi connectivity index (χ4v) is 2.05. The van der Waals surface area contributed by atoms with Crippen LogP contribution in [0.5, 0.6) is 0 Å². The molecule has 0 saturated heterocycles. The van der Waals surface area contributed by atoms with E-state index in [4.69, 9.17) is 5.73 Å². The molecule has 2 N–H and O–H groups in total. The van der Waals surface area contributed by atoms with E-state index in [-0.39, 0.29) is 0 Å². The van der Waals surface area contributed by atoms with Crippen LogP contribution in [0.4, 0.5) is 0 Å². The van der Waals surface area contributed by atoms with Gasteiger partial charge in [0, 0.05) is 18.0 Å². The van der Waals surface area contributed by atoms with E-state index in [1.165, 1.54) is 22.3 Å². The van der Waals surface area contributed by atoms with Gasteiger partial charge < -0.3 is 5.73 Å². The molecule has 0 radical (unpaired) electrons. The topological polar surface area (TPSA) is 38.9 Å². The second-order valence-electron chi connectivity index (χ2n) is 4.85. The Labute approximate surface area is 109 Å². The monoisotopic (exact) mass is 240 g/mol. The summed E-state index contributed by atoms with van der Waals surface area (Å²) in [5.74, 6) is 0.466. The van der Waals surface area contributed by atoms with Crippen LogP contribution in [-0.4, -0.2) is 11.5 Å². The number of aryl methyl sites for hydroxylation is 1. The standard InChI is InChI=1S/C16H20N2/c1-12-3-5-14(6-4-12)16-9-15(10-18-11-16)13(2)7-8-17/h3-6,9-11,13H,7-8,17H2,1-2H3. The molecule has 18 heavy (non-hydrogen) atoms. The highest BCUT2D eigenvalue weighted by Crippen LogP contribution is 2.24. The molecule has 0 aliphatic rings. The van der Waals surface area contributed by atoms with Crippen LogP contribution in [0.25, 0.3) is 11.1 Å². The van der Waals surface area contributed by atoms with Crippen molar-refractivity contribution in [2.75, 3.05) is 6.54 Å². The third kappa shape index (κ3) is 2.96. The van der Waals surface area contributed by atoms with Gasteiger partial charge in [0.2, 0.25) is 0 Å². The third-order valence-electron chi connectivity index (χ3n) is 3.31. The molecule has 2 rings (SSSR count). The number of pyridine rings is 1. The van der Waals surface area contributed by atoms with Crippen molar-refractivity contribution < 1.29 is 0 Å². The number of nitrogens with zero attached hydrogens (tertiary/aromatic N) is 1. The molecule has 2 aromatic rings. The minimum atomic E-state index is 0.466. The first kappa shape index (κ1) is 12.8. The van der Waals surface area contributed by atoms with Crippen LogP contribution in [0.2, 0.25) is 0 Å². The Kier molecular flexibility index (Phi) is 4.11. The molecular formula is C16H20N2. The molecule has 1 heterocycles. The number of nitrogens with two attached hydrogens (primary N) is 1. The molecule has 0 bridgehead atoms. The van der Waals surface area contributed by atoms with Crippen LogP contribution in [-0.2, 0) is 0 Å². The van der Waals surface area contributed by atoms with E-state index in [9.17, 15) is 0 Å². The van der Waals surface area contributed by atoms with Gasteiger partial charge in [-0.15, -0.1) is 0 Å². The van der Waals surface area contributed by atoms with E-state index in [1.807, 2.05) is 12.4 Å². The number of benzene rings is 1. The van der Waals surface area contributed by atoms with E-state index >= 15 is 0 Å². The van der Waals surface area contributed by atoms with Gasteiger partial charge in [-0.2, -0.15) is 0 Å². The molecule has 1 aromatic heterocycles. The summed E-state index contributed by atoms with van der Waals surface area (Å²) < 4.78 is 0. The quantitative estimate of drug-likeness (QED) is 0.888. The molecule has 2 heteroatoms. The normalized spacial score (nSPS) is 12.4. The fourth-order valence-electron chi connectivity index (χ4n) is 2.05. The van der Waals surface area contributed by atoms with E-state index < -0.39 is 0 Å². The van der Waals surface area contributed by atoms with Gasteiger partial charge in [-0.25, -0.2) is 0 Å². The Morgan fingerprint density at radius 1 is 1.11 bits per heavy atom. The summed E-state index contributed by atoms with van der Waals surface area (Å²) in [5.41, 5.74) is 10.5. The summed E-state index contributed by atoms with van der Waals surface area (Å²) in [4.78, 5) is 4.35. The number of hydrogen-bond acceptors (Lipinski definition) is 2. The lowest BCUT2D eigenvalue weighted by Gasteiger charge is -2.11. The van der Waals surface area contributed by atoms with E-state index in [0.29, 0.717) is 5.92 Å². The van der Waals surface area contributed by atoms with Crippen LogP contribution in [0.15, 0.2) is 42.7 Å².